The number of benzene rings is 1. The molecule has 0 bridgehead atoms. The van der Waals surface area contributed by atoms with Crippen LogP contribution >= 0.6 is 23.1 Å². The lowest BCUT2D eigenvalue weighted by Crippen LogP contribution is -2.18. The summed E-state index contributed by atoms with van der Waals surface area (Å²) in [4.78, 5) is 14.5. The Kier molecular flexibility index (Phi) is 4.40. The third kappa shape index (κ3) is 3.42. The predicted molar refractivity (Wildman–Crippen MR) is 86.4 cm³/mol. The standard InChI is InChI=1S/C15H16N2OS2/c18-15(16-14-5-7-19-10-14)13-3-1-12(2-4-13)9-17-6-8-20-11-17/h1-5,7,10H,6,8-9,11H2,(H,16,18). The smallest absolute Gasteiger partial charge is 0.255 e. The van der Waals surface area contributed by atoms with E-state index in [1.807, 2.05) is 52.9 Å². The summed E-state index contributed by atoms with van der Waals surface area (Å²) >= 11 is 3.55. The average Bonchev–Trinajstić information content (AvgIpc) is 3.13. The highest BCUT2D eigenvalue weighted by atomic mass is 32.2. The molecular weight excluding hydrogens is 288 g/mol. The van der Waals surface area contributed by atoms with Crippen LogP contribution in [-0.2, 0) is 6.54 Å². The van der Waals surface area contributed by atoms with Gasteiger partial charge in [0.05, 0.1) is 5.69 Å². The number of nitrogens with zero attached hydrogens (tertiary/aromatic N) is 1. The highest BCUT2D eigenvalue weighted by Gasteiger charge is 2.12. The first-order valence-corrected chi connectivity index (χ1v) is 8.63. The van der Waals surface area contributed by atoms with Crippen molar-refractivity contribution >= 4 is 34.7 Å². The third-order valence-electron chi connectivity index (χ3n) is 3.23. The fraction of sp³-hybridized carbons (Fsp3) is 0.267. The minimum Gasteiger partial charge on any atom is -0.321 e. The minimum absolute atomic E-state index is 0.0494. The van der Waals surface area contributed by atoms with Gasteiger partial charge in [0.25, 0.3) is 5.91 Å². The van der Waals surface area contributed by atoms with E-state index in [1.54, 1.807) is 11.3 Å². The van der Waals surface area contributed by atoms with E-state index in [4.69, 9.17) is 0 Å². The zero-order chi connectivity index (χ0) is 13.8. The number of carbonyl (C=O) groups excluding carboxylic acids is 1. The van der Waals surface area contributed by atoms with E-state index in [0.717, 1.165) is 24.7 Å². The van der Waals surface area contributed by atoms with E-state index >= 15 is 0 Å². The number of hydrogen-bond donors (Lipinski definition) is 1. The fourth-order valence-corrected chi connectivity index (χ4v) is 3.72. The highest BCUT2D eigenvalue weighted by molar-refractivity contribution is 7.99. The van der Waals surface area contributed by atoms with Gasteiger partial charge in [-0.2, -0.15) is 11.3 Å². The number of amides is 1. The van der Waals surface area contributed by atoms with E-state index in [9.17, 15) is 4.79 Å². The molecule has 1 aliphatic rings. The van der Waals surface area contributed by atoms with Crippen molar-refractivity contribution in [2.24, 2.45) is 0 Å². The lowest BCUT2D eigenvalue weighted by molar-refractivity contribution is 0.102. The van der Waals surface area contributed by atoms with Crippen molar-refractivity contribution < 1.29 is 4.79 Å². The van der Waals surface area contributed by atoms with Crippen molar-refractivity contribution in [3.63, 3.8) is 0 Å². The van der Waals surface area contributed by atoms with Crippen LogP contribution in [0.3, 0.4) is 0 Å². The largest absolute Gasteiger partial charge is 0.321 e. The van der Waals surface area contributed by atoms with Crippen LogP contribution in [0.2, 0.25) is 0 Å². The summed E-state index contributed by atoms with van der Waals surface area (Å²) in [7, 11) is 0. The van der Waals surface area contributed by atoms with Crippen molar-refractivity contribution in [2.45, 2.75) is 6.54 Å². The molecule has 0 spiro atoms. The van der Waals surface area contributed by atoms with E-state index in [0.29, 0.717) is 5.56 Å². The van der Waals surface area contributed by atoms with Gasteiger partial charge >= 0.3 is 0 Å². The second-order valence-corrected chi connectivity index (χ2v) is 6.61. The number of anilines is 1. The van der Waals surface area contributed by atoms with Gasteiger partial charge in [-0.1, -0.05) is 12.1 Å². The molecule has 1 amide bonds. The maximum atomic E-state index is 12.0. The Bertz CT molecular complexity index is 560. The summed E-state index contributed by atoms with van der Waals surface area (Å²) in [5.74, 6) is 2.29. The van der Waals surface area contributed by atoms with Crippen molar-refractivity contribution in [3.8, 4) is 0 Å². The summed E-state index contributed by atoms with van der Waals surface area (Å²) in [5, 5.41) is 6.77. The Balaban J connectivity index is 1.61. The van der Waals surface area contributed by atoms with Crippen LogP contribution in [0.25, 0.3) is 0 Å². The Labute approximate surface area is 127 Å². The second-order valence-electron chi connectivity index (χ2n) is 4.75. The van der Waals surface area contributed by atoms with Gasteiger partial charge in [-0.3, -0.25) is 9.69 Å². The Hall–Kier alpha value is -1.30. The van der Waals surface area contributed by atoms with Crippen LogP contribution < -0.4 is 5.32 Å². The quantitative estimate of drug-likeness (QED) is 0.938. The summed E-state index contributed by atoms with van der Waals surface area (Å²) < 4.78 is 0. The number of rotatable bonds is 4. The predicted octanol–water partition coefficient (Wildman–Crippen LogP) is 3.51. The van der Waals surface area contributed by atoms with Gasteiger partial charge < -0.3 is 5.32 Å². The average molecular weight is 304 g/mol. The van der Waals surface area contributed by atoms with E-state index in [2.05, 4.69) is 10.2 Å². The highest BCUT2D eigenvalue weighted by Crippen LogP contribution is 2.17. The van der Waals surface area contributed by atoms with Gasteiger partial charge in [0.15, 0.2) is 0 Å². The molecule has 2 heterocycles. The zero-order valence-corrected chi connectivity index (χ0v) is 12.7. The molecule has 104 valence electrons. The maximum Gasteiger partial charge on any atom is 0.255 e. The van der Waals surface area contributed by atoms with E-state index < -0.39 is 0 Å². The topological polar surface area (TPSA) is 32.3 Å². The first-order valence-electron chi connectivity index (χ1n) is 6.54. The number of nitrogens with one attached hydrogen (secondary N) is 1. The molecule has 3 nitrogen and oxygen atoms in total. The Morgan fingerprint density at radius 3 is 2.75 bits per heavy atom. The first kappa shape index (κ1) is 13.7. The second kappa shape index (κ2) is 6.43. The summed E-state index contributed by atoms with van der Waals surface area (Å²) in [6.07, 6.45) is 0. The first-order chi connectivity index (χ1) is 9.81. The molecule has 0 aliphatic carbocycles. The molecule has 5 heteroatoms. The van der Waals surface area contributed by atoms with Crippen molar-refractivity contribution in [1.29, 1.82) is 0 Å². The normalized spacial score (nSPS) is 15.4. The fourth-order valence-electron chi connectivity index (χ4n) is 2.14. The summed E-state index contributed by atoms with van der Waals surface area (Å²) in [6, 6.07) is 9.81. The molecule has 0 atom stereocenters. The van der Waals surface area contributed by atoms with E-state index in [1.165, 1.54) is 11.3 Å². The molecule has 1 fully saturated rings. The van der Waals surface area contributed by atoms with Gasteiger partial charge in [0.2, 0.25) is 0 Å². The summed E-state index contributed by atoms with van der Waals surface area (Å²) in [6.45, 7) is 2.13. The lowest BCUT2D eigenvalue weighted by Gasteiger charge is -2.13. The van der Waals surface area contributed by atoms with Gasteiger partial charge in [0, 0.05) is 35.7 Å². The Morgan fingerprint density at radius 1 is 1.25 bits per heavy atom. The van der Waals surface area contributed by atoms with Crippen molar-refractivity contribution in [1.82, 2.24) is 4.90 Å². The molecule has 2 aromatic rings. The number of thiophene rings is 1. The Morgan fingerprint density at radius 2 is 2.10 bits per heavy atom. The number of carbonyl (C=O) groups is 1. The molecule has 1 aliphatic heterocycles. The van der Waals surface area contributed by atoms with Gasteiger partial charge in [0.1, 0.15) is 0 Å². The van der Waals surface area contributed by atoms with Gasteiger partial charge in [-0.15, -0.1) is 11.8 Å². The van der Waals surface area contributed by atoms with Crippen LogP contribution in [-0.4, -0.2) is 29.0 Å². The maximum absolute atomic E-state index is 12.0. The van der Waals surface area contributed by atoms with Crippen molar-refractivity contribution in [3.05, 3.63) is 52.2 Å². The molecule has 20 heavy (non-hydrogen) atoms. The number of hydrogen-bond acceptors (Lipinski definition) is 4. The molecule has 0 saturated carbocycles. The van der Waals surface area contributed by atoms with E-state index in [-0.39, 0.29) is 5.91 Å². The third-order valence-corrected chi connectivity index (χ3v) is 4.93. The number of thioether (sulfide) groups is 1. The van der Waals surface area contributed by atoms with Crippen LogP contribution in [0.15, 0.2) is 41.1 Å². The van der Waals surface area contributed by atoms with Crippen LogP contribution in [0.5, 0.6) is 0 Å². The van der Waals surface area contributed by atoms with Gasteiger partial charge in [-0.05, 0) is 29.1 Å². The molecule has 0 radical (unpaired) electrons. The monoisotopic (exact) mass is 304 g/mol. The minimum atomic E-state index is -0.0494. The molecular formula is C15H16N2OS2. The molecule has 1 saturated heterocycles. The molecule has 0 unspecified atom stereocenters. The molecule has 1 aromatic heterocycles. The summed E-state index contributed by atoms with van der Waals surface area (Å²) in [5.41, 5.74) is 2.83. The SMILES string of the molecule is O=C(Nc1ccsc1)c1ccc(CN2CCSC2)cc1. The molecule has 1 N–H and O–H groups in total. The van der Waals surface area contributed by atoms with Crippen LogP contribution in [0.4, 0.5) is 5.69 Å². The molecule has 3 rings (SSSR count). The van der Waals surface area contributed by atoms with Crippen LogP contribution in [0.1, 0.15) is 15.9 Å². The van der Waals surface area contributed by atoms with Crippen molar-refractivity contribution in [2.75, 3.05) is 23.5 Å². The lowest BCUT2D eigenvalue weighted by atomic mass is 10.1. The van der Waals surface area contributed by atoms with Gasteiger partial charge in [-0.25, -0.2) is 0 Å². The van der Waals surface area contributed by atoms with Crippen LogP contribution in [0, 0.1) is 0 Å². The molecule has 1 aromatic carbocycles. The zero-order valence-electron chi connectivity index (χ0n) is 11.0.